The Morgan fingerprint density at radius 3 is 2.58 bits per heavy atom. The van der Waals surface area contributed by atoms with Gasteiger partial charge >= 0.3 is 6.09 Å². The van der Waals surface area contributed by atoms with E-state index in [9.17, 15) is 14.9 Å². The van der Waals surface area contributed by atoms with Crippen LogP contribution in [-0.2, 0) is 9.53 Å². The fraction of sp³-hybridized carbons (Fsp3) is 0.421. The van der Waals surface area contributed by atoms with Crippen molar-refractivity contribution in [2.75, 3.05) is 38.1 Å². The van der Waals surface area contributed by atoms with Crippen LogP contribution in [0.15, 0.2) is 30.0 Å². The first kappa shape index (κ1) is 19.3. The van der Waals surface area contributed by atoms with E-state index in [0.717, 1.165) is 11.1 Å². The third-order valence-electron chi connectivity index (χ3n) is 4.37. The Morgan fingerprint density at radius 1 is 1.27 bits per heavy atom. The first-order valence-corrected chi connectivity index (χ1v) is 8.61. The van der Waals surface area contributed by atoms with Crippen molar-refractivity contribution < 1.29 is 14.3 Å². The predicted octanol–water partition coefficient (Wildman–Crippen LogP) is 2.42. The quantitative estimate of drug-likeness (QED) is 0.661. The number of nitriles is 1. The second-order valence-electron chi connectivity index (χ2n) is 6.08. The van der Waals surface area contributed by atoms with E-state index in [2.05, 4.69) is 5.32 Å². The van der Waals surface area contributed by atoms with E-state index in [0.29, 0.717) is 38.5 Å². The summed E-state index contributed by atoms with van der Waals surface area (Å²) in [5, 5.41) is 12.1. The number of anilines is 1. The van der Waals surface area contributed by atoms with E-state index in [-0.39, 0.29) is 11.7 Å². The lowest BCUT2D eigenvalue weighted by Gasteiger charge is -2.33. The Balaban J connectivity index is 2.00. The Bertz CT molecular complexity index is 744. The zero-order valence-electron chi connectivity index (χ0n) is 15.4. The van der Waals surface area contributed by atoms with Crippen LogP contribution in [0.5, 0.6) is 0 Å². The molecule has 138 valence electrons. The maximum Gasteiger partial charge on any atom is 0.409 e. The van der Waals surface area contributed by atoms with Crippen LogP contribution in [-0.4, -0.2) is 54.6 Å². The molecular formula is C19H24N4O3. The zero-order chi connectivity index (χ0) is 19.1. The minimum Gasteiger partial charge on any atom is -0.450 e. The monoisotopic (exact) mass is 356 g/mol. The summed E-state index contributed by atoms with van der Waals surface area (Å²) < 4.78 is 4.98. The molecule has 2 rings (SSSR count). The predicted molar refractivity (Wildman–Crippen MR) is 98.4 cm³/mol. The molecule has 1 fully saturated rings. The lowest BCUT2D eigenvalue weighted by Crippen LogP contribution is -2.47. The Kier molecular flexibility index (Phi) is 6.61. The van der Waals surface area contributed by atoms with E-state index in [1.165, 1.54) is 0 Å². The van der Waals surface area contributed by atoms with Crippen LogP contribution in [0.2, 0.25) is 0 Å². The summed E-state index contributed by atoms with van der Waals surface area (Å²) >= 11 is 0. The smallest absolute Gasteiger partial charge is 0.409 e. The minimum absolute atomic E-state index is 0.0375. The van der Waals surface area contributed by atoms with Gasteiger partial charge in [-0.3, -0.25) is 4.79 Å². The molecule has 7 heteroatoms. The average Bonchev–Trinajstić information content (AvgIpc) is 2.64. The molecule has 26 heavy (non-hydrogen) atoms. The molecule has 0 aromatic heterocycles. The normalized spacial score (nSPS) is 14.6. The van der Waals surface area contributed by atoms with E-state index < -0.39 is 5.91 Å². The number of aryl methyl sites for hydroxylation is 1. The standard InChI is InChI=1S/C19H24N4O3/c1-4-26-19(25)23-10-8-22(9-11-23)13-16(12-20)18(24)21-17-7-5-6-14(2)15(17)3/h5-7,13H,4,8-11H2,1-3H3,(H,21,24)/b16-13-. The molecule has 0 unspecified atom stereocenters. The summed E-state index contributed by atoms with van der Waals surface area (Å²) in [6, 6.07) is 7.60. The lowest BCUT2D eigenvalue weighted by atomic mass is 10.1. The summed E-state index contributed by atoms with van der Waals surface area (Å²) in [5.41, 5.74) is 2.78. The molecule has 0 radical (unpaired) electrons. The van der Waals surface area contributed by atoms with E-state index in [4.69, 9.17) is 4.74 Å². The van der Waals surface area contributed by atoms with Crippen molar-refractivity contribution in [3.05, 3.63) is 41.1 Å². The highest BCUT2D eigenvalue weighted by molar-refractivity contribution is 6.06. The van der Waals surface area contributed by atoms with Crippen molar-refractivity contribution in [2.45, 2.75) is 20.8 Å². The van der Waals surface area contributed by atoms with Crippen molar-refractivity contribution in [3.63, 3.8) is 0 Å². The van der Waals surface area contributed by atoms with Crippen LogP contribution in [0.25, 0.3) is 0 Å². The summed E-state index contributed by atoms with van der Waals surface area (Å²) in [5.74, 6) is -0.436. The third kappa shape index (κ3) is 4.76. The number of ether oxygens (including phenoxy) is 1. The summed E-state index contributed by atoms with van der Waals surface area (Å²) in [4.78, 5) is 27.6. The summed E-state index contributed by atoms with van der Waals surface area (Å²) in [7, 11) is 0. The second kappa shape index (κ2) is 8.90. The van der Waals surface area contributed by atoms with Gasteiger partial charge in [-0.05, 0) is 38.0 Å². The van der Waals surface area contributed by atoms with Crippen molar-refractivity contribution >= 4 is 17.7 Å². The van der Waals surface area contributed by atoms with Crippen molar-refractivity contribution in [1.82, 2.24) is 9.80 Å². The van der Waals surface area contributed by atoms with Crippen LogP contribution in [0.1, 0.15) is 18.1 Å². The number of amides is 2. The highest BCUT2D eigenvalue weighted by Crippen LogP contribution is 2.18. The number of hydrogen-bond donors (Lipinski definition) is 1. The molecule has 1 aliphatic heterocycles. The summed E-state index contributed by atoms with van der Waals surface area (Å²) in [6.07, 6.45) is 1.23. The number of hydrogen-bond acceptors (Lipinski definition) is 5. The molecule has 1 aromatic carbocycles. The Labute approximate surface area is 153 Å². The number of rotatable bonds is 4. The molecule has 1 heterocycles. The number of carbonyl (C=O) groups excluding carboxylic acids is 2. The number of piperazine rings is 1. The van der Waals surface area contributed by atoms with E-state index >= 15 is 0 Å². The average molecular weight is 356 g/mol. The highest BCUT2D eigenvalue weighted by atomic mass is 16.6. The first-order chi connectivity index (χ1) is 12.5. The topological polar surface area (TPSA) is 85.7 Å². The van der Waals surface area contributed by atoms with Crippen molar-refractivity contribution in [3.8, 4) is 6.07 Å². The maximum atomic E-state index is 12.4. The van der Waals surface area contributed by atoms with Crippen LogP contribution < -0.4 is 5.32 Å². The van der Waals surface area contributed by atoms with Gasteiger partial charge in [-0.2, -0.15) is 5.26 Å². The van der Waals surface area contributed by atoms with Gasteiger partial charge in [0.05, 0.1) is 6.61 Å². The molecule has 1 aliphatic rings. The van der Waals surface area contributed by atoms with Crippen LogP contribution in [0, 0.1) is 25.2 Å². The molecule has 2 amide bonds. The van der Waals surface area contributed by atoms with Gasteiger partial charge in [0.15, 0.2) is 0 Å². The first-order valence-electron chi connectivity index (χ1n) is 8.61. The molecule has 0 atom stereocenters. The van der Waals surface area contributed by atoms with Crippen molar-refractivity contribution in [2.24, 2.45) is 0 Å². The highest BCUT2D eigenvalue weighted by Gasteiger charge is 2.21. The van der Waals surface area contributed by atoms with Crippen LogP contribution in [0.4, 0.5) is 10.5 Å². The SMILES string of the molecule is CCOC(=O)N1CCN(/C=C(/C#N)C(=O)Nc2cccc(C)c2C)CC1. The minimum atomic E-state index is -0.436. The van der Waals surface area contributed by atoms with Crippen LogP contribution >= 0.6 is 0 Å². The zero-order valence-corrected chi connectivity index (χ0v) is 15.4. The van der Waals surface area contributed by atoms with Crippen molar-refractivity contribution in [1.29, 1.82) is 5.26 Å². The molecular weight excluding hydrogens is 332 g/mol. The van der Waals surface area contributed by atoms with Gasteiger partial charge in [-0.15, -0.1) is 0 Å². The van der Waals surface area contributed by atoms with Gasteiger partial charge in [-0.1, -0.05) is 12.1 Å². The molecule has 0 spiro atoms. The molecule has 1 N–H and O–H groups in total. The van der Waals surface area contributed by atoms with Gasteiger partial charge in [-0.25, -0.2) is 4.79 Å². The molecule has 7 nitrogen and oxygen atoms in total. The van der Waals surface area contributed by atoms with Gasteiger partial charge < -0.3 is 19.9 Å². The van der Waals surface area contributed by atoms with Gasteiger partial charge in [0.25, 0.3) is 5.91 Å². The second-order valence-corrected chi connectivity index (χ2v) is 6.08. The van der Waals surface area contributed by atoms with E-state index in [1.54, 1.807) is 18.0 Å². The lowest BCUT2D eigenvalue weighted by molar-refractivity contribution is -0.112. The largest absolute Gasteiger partial charge is 0.450 e. The van der Waals surface area contributed by atoms with Crippen LogP contribution in [0.3, 0.4) is 0 Å². The molecule has 0 bridgehead atoms. The van der Waals surface area contributed by atoms with Gasteiger partial charge in [0.2, 0.25) is 0 Å². The van der Waals surface area contributed by atoms with Gasteiger partial charge in [0.1, 0.15) is 11.6 Å². The maximum absolute atomic E-state index is 12.4. The third-order valence-corrected chi connectivity index (χ3v) is 4.37. The van der Waals surface area contributed by atoms with E-state index in [1.807, 2.05) is 43.0 Å². The summed E-state index contributed by atoms with van der Waals surface area (Å²) in [6.45, 7) is 8.08. The Hall–Kier alpha value is -3.01. The Morgan fingerprint density at radius 2 is 1.96 bits per heavy atom. The molecule has 1 aromatic rings. The van der Waals surface area contributed by atoms with Gasteiger partial charge in [0, 0.05) is 38.1 Å². The molecule has 0 saturated carbocycles. The number of nitrogens with one attached hydrogen (secondary N) is 1. The number of benzene rings is 1. The molecule has 0 aliphatic carbocycles. The molecule has 1 saturated heterocycles. The number of carbonyl (C=O) groups is 2. The fourth-order valence-electron chi connectivity index (χ4n) is 2.65. The number of nitrogens with zero attached hydrogens (tertiary/aromatic N) is 3. The fourth-order valence-corrected chi connectivity index (χ4v) is 2.65.